The Kier molecular flexibility index (Phi) is 7.00. The quantitative estimate of drug-likeness (QED) is 0.303. The zero-order valence-corrected chi connectivity index (χ0v) is 16.8. The number of allylic oxidation sites excluding steroid dienone is 1. The molecule has 0 aliphatic carbocycles. The van der Waals surface area contributed by atoms with Crippen LogP contribution in [0.3, 0.4) is 0 Å². The molecule has 0 saturated carbocycles. The van der Waals surface area contributed by atoms with Crippen LogP contribution in [-0.2, 0) is 11.3 Å². The van der Waals surface area contributed by atoms with Gasteiger partial charge < -0.3 is 14.2 Å². The number of esters is 1. The van der Waals surface area contributed by atoms with Gasteiger partial charge in [0.2, 0.25) is 0 Å². The molecule has 0 heterocycles. The minimum Gasteiger partial charge on any atom is -0.497 e. The number of benzene rings is 3. The van der Waals surface area contributed by atoms with E-state index < -0.39 is 0 Å². The van der Waals surface area contributed by atoms with Crippen molar-refractivity contribution in [1.29, 1.82) is 0 Å². The van der Waals surface area contributed by atoms with Gasteiger partial charge in [0, 0.05) is 11.1 Å². The van der Waals surface area contributed by atoms with E-state index in [-0.39, 0.29) is 11.8 Å². The smallest absolute Gasteiger partial charge is 0.337 e. The molecule has 0 bridgehead atoms. The minimum atomic E-state index is -0.376. The lowest BCUT2D eigenvalue weighted by Crippen LogP contribution is -2.02. The number of ether oxygens (including phenoxy) is 3. The number of hydrogen-bond donors (Lipinski definition) is 0. The van der Waals surface area contributed by atoms with Crippen LogP contribution in [-0.4, -0.2) is 26.0 Å². The molecule has 0 atom stereocenters. The molecule has 5 nitrogen and oxygen atoms in total. The van der Waals surface area contributed by atoms with E-state index in [9.17, 15) is 9.59 Å². The predicted octanol–water partition coefficient (Wildman–Crippen LogP) is 4.96. The number of hydrogen-bond acceptors (Lipinski definition) is 5. The third-order valence-electron chi connectivity index (χ3n) is 4.46. The second kappa shape index (κ2) is 10.1. The summed E-state index contributed by atoms with van der Waals surface area (Å²) in [6.45, 7) is 0.330. The normalized spacial score (nSPS) is 10.6. The molecule has 3 aromatic rings. The second-order valence-electron chi connectivity index (χ2n) is 6.44. The van der Waals surface area contributed by atoms with Gasteiger partial charge in [0.1, 0.15) is 18.1 Å². The van der Waals surface area contributed by atoms with Crippen LogP contribution >= 0.6 is 0 Å². The summed E-state index contributed by atoms with van der Waals surface area (Å²) in [5.74, 6) is 0.793. The van der Waals surface area contributed by atoms with Crippen LogP contribution in [0.1, 0.15) is 31.8 Å². The molecule has 0 unspecified atom stereocenters. The van der Waals surface area contributed by atoms with Crippen molar-refractivity contribution >= 4 is 17.8 Å². The molecule has 0 aliphatic heterocycles. The van der Waals surface area contributed by atoms with Gasteiger partial charge in [-0.25, -0.2) is 4.79 Å². The average Bonchev–Trinajstić information content (AvgIpc) is 2.81. The van der Waals surface area contributed by atoms with E-state index in [2.05, 4.69) is 0 Å². The molecule has 5 heteroatoms. The van der Waals surface area contributed by atoms with Crippen LogP contribution in [0.2, 0.25) is 0 Å². The number of ketones is 1. The fourth-order valence-corrected chi connectivity index (χ4v) is 2.80. The van der Waals surface area contributed by atoms with E-state index in [1.807, 2.05) is 36.4 Å². The number of para-hydroxylation sites is 1. The fourth-order valence-electron chi connectivity index (χ4n) is 2.80. The summed E-state index contributed by atoms with van der Waals surface area (Å²) in [4.78, 5) is 24.0. The van der Waals surface area contributed by atoms with E-state index in [0.29, 0.717) is 29.2 Å². The lowest BCUT2D eigenvalue weighted by molar-refractivity contribution is 0.0600. The van der Waals surface area contributed by atoms with Gasteiger partial charge in [-0.05, 0) is 48.0 Å². The van der Waals surface area contributed by atoms with Crippen molar-refractivity contribution in [1.82, 2.24) is 0 Å². The molecule has 0 saturated heterocycles. The van der Waals surface area contributed by atoms with Gasteiger partial charge in [0.15, 0.2) is 5.78 Å². The van der Waals surface area contributed by atoms with E-state index in [1.54, 1.807) is 49.6 Å². The molecule has 0 fully saturated rings. The lowest BCUT2D eigenvalue weighted by atomic mass is 10.1. The summed E-state index contributed by atoms with van der Waals surface area (Å²) in [6, 6.07) is 21.5. The first-order valence-corrected chi connectivity index (χ1v) is 9.36. The molecule has 3 rings (SSSR count). The summed E-state index contributed by atoms with van der Waals surface area (Å²) >= 11 is 0. The van der Waals surface area contributed by atoms with Crippen LogP contribution in [0.15, 0.2) is 78.9 Å². The first-order chi connectivity index (χ1) is 14.6. The van der Waals surface area contributed by atoms with Gasteiger partial charge in [-0.2, -0.15) is 0 Å². The van der Waals surface area contributed by atoms with Crippen molar-refractivity contribution in [2.24, 2.45) is 0 Å². The molecule has 0 spiro atoms. The van der Waals surface area contributed by atoms with Gasteiger partial charge in [0.25, 0.3) is 0 Å². The summed E-state index contributed by atoms with van der Waals surface area (Å²) in [7, 11) is 2.92. The predicted molar refractivity (Wildman–Crippen MR) is 115 cm³/mol. The standard InChI is InChI=1S/C25H22O5/c1-28-22-8-5-7-21(16-22)23(26)15-14-19-6-3-4-9-24(19)30-17-18-10-12-20(13-11-18)25(27)29-2/h3-16H,17H2,1-2H3. The molecule has 152 valence electrons. The Morgan fingerprint density at radius 2 is 1.63 bits per heavy atom. The van der Waals surface area contributed by atoms with Crippen molar-refractivity contribution in [3.05, 3.63) is 101 Å². The van der Waals surface area contributed by atoms with E-state index in [0.717, 1.165) is 11.1 Å². The number of carbonyl (C=O) groups is 2. The van der Waals surface area contributed by atoms with Crippen molar-refractivity contribution in [3.63, 3.8) is 0 Å². The summed E-state index contributed by atoms with van der Waals surface area (Å²) in [5, 5.41) is 0. The molecule has 0 amide bonds. The average molecular weight is 402 g/mol. The Balaban J connectivity index is 1.69. The van der Waals surface area contributed by atoms with Crippen LogP contribution in [0.5, 0.6) is 11.5 Å². The van der Waals surface area contributed by atoms with E-state index >= 15 is 0 Å². The van der Waals surface area contributed by atoms with Crippen LogP contribution < -0.4 is 9.47 Å². The van der Waals surface area contributed by atoms with Crippen LogP contribution in [0.25, 0.3) is 6.08 Å². The molecule has 0 aliphatic rings. The highest BCUT2D eigenvalue weighted by Gasteiger charge is 2.07. The largest absolute Gasteiger partial charge is 0.497 e. The Labute approximate surface area is 175 Å². The molecular formula is C25H22O5. The topological polar surface area (TPSA) is 61.8 Å². The van der Waals surface area contributed by atoms with Crippen molar-refractivity contribution in [2.45, 2.75) is 6.61 Å². The number of carbonyl (C=O) groups excluding carboxylic acids is 2. The van der Waals surface area contributed by atoms with Gasteiger partial charge in [-0.3, -0.25) is 4.79 Å². The Morgan fingerprint density at radius 3 is 2.37 bits per heavy atom. The maximum Gasteiger partial charge on any atom is 0.337 e. The molecule has 3 aromatic carbocycles. The SMILES string of the molecule is COC(=O)c1ccc(COc2ccccc2C=CC(=O)c2cccc(OC)c2)cc1. The Bertz CT molecular complexity index is 1050. The zero-order valence-electron chi connectivity index (χ0n) is 16.8. The Hall–Kier alpha value is -3.86. The first-order valence-electron chi connectivity index (χ1n) is 9.36. The summed E-state index contributed by atoms with van der Waals surface area (Å²) < 4.78 is 15.8. The highest BCUT2D eigenvalue weighted by Crippen LogP contribution is 2.22. The van der Waals surface area contributed by atoms with Crippen molar-refractivity contribution in [3.8, 4) is 11.5 Å². The van der Waals surface area contributed by atoms with Crippen LogP contribution in [0, 0.1) is 0 Å². The monoisotopic (exact) mass is 402 g/mol. The first kappa shape index (κ1) is 20.9. The molecule has 0 radical (unpaired) electrons. The van der Waals surface area contributed by atoms with Crippen molar-refractivity contribution < 1.29 is 23.8 Å². The zero-order chi connectivity index (χ0) is 21.3. The van der Waals surface area contributed by atoms with Crippen LogP contribution in [0.4, 0.5) is 0 Å². The summed E-state index contributed by atoms with van der Waals surface area (Å²) in [5.41, 5.74) is 2.74. The number of rotatable bonds is 8. The molecular weight excluding hydrogens is 380 g/mol. The maximum absolute atomic E-state index is 12.5. The highest BCUT2D eigenvalue weighted by molar-refractivity contribution is 6.07. The second-order valence-corrected chi connectivity index (χ2v) is 6.44. The van der Waals surface area contributed by atoms with Gasteiger partial charge >= 0.3 is 5.97 Å². The molecule has 0 N–H and O–H groups in total. The molecule has 30 heavy (non-hydrogen) atoms. The minimum absolute atomic E-state index is 0.123. The van der Waals surface area contributed by atoms with Gasteiger partial charge in [-0.15, -0.1) is 0 Å². The third kappa shape index (κ3) is 5.35. The fraction of sp³-hybridized carbons (Fsp3) is 0.120. The van der Waals surface area contributed by atoms with E-state index in [4.69, 9.17) is 14.2 Å². The summed E-state index contributed by atoms with van der Waals surface area (Å²) in [6.07, 6.45) is 3.25. The van der Waals surface area contributed by atoms with E-state index in [1.165, 1.54) is 13.2 Å². The lowest BCUT2D eigenvalue weighted by Gasteiger charge is -2.10. The number of methoxy groups -OCH3 is 2. The maximum atomic E-state index is 12.5. The van der Waals surface area contributed by atoms with Crippen molar-refractivity contribution in [2.75, 3.05) is 14.2 Å². The van der Waals surface area contributed by atoms with Gasteiger partial charge in [0.05, 0.1) is 19.8 Å². The van der Waals surface area contributed by atoms with Gasteiger partial charge in [-0.1, -0.05) is 42.5 Å². The highest BCUT2D eigenvalue weighted by atomic mass is 16.5. The Morgan fingerprint density at radius 1 is 0.867 bits per heavy atom. The third-order valence-corrected chi connectivity index (χ3v) is 4.46. The molecule has 0 aromatic heterocycles.